The Labute approximate surface area is 110 Å². The molecule has 0 unspecified atom stereocenters. The number of ether oxygens (including phenoxy) is 1. The van der Waals surface area contributed by atoms with Crippen LogP contribution in [0, 0.1) is 0 Å². The van der Waals surface area contributed by atoms with Crippen molar-refractivity contribution in [1.29, 1.82) is 0 Å². The highest BCUT2D eigenvalue weighted by atomic mass is 16.5. The minimum atomic E-state index is -0.0659. The van der Waals surface area contributed by atoms with Gasteiger partial charge in [0.05, 0.1) is 5.69 Å². The van der Waals surface area contributed by atoms with E-state index in [0.29, 0.717) is 11.6 Å². The number of benzene rings is 1. The van der Waals surface area contributed by atoms with Crippen LogP contribution < -0.4 is 15.4 Å². The summed E-state index contributed by atoms with van der Waals surface area (Å²) < 4.78 is 7.05. The number of fused-ring (bicyclic) bond motifs is 1. The molecule has 0 radical (unpaired) electrons. The second kappa shape index (κ2) is 4.01. The number of nitrogens with two attached hydrogens (primary N) is 1. The normalized spacial score (nSPS) is 14.2. The maximum Gasteiger partial charge on any atom is 0.264 e. The molecular weight excluding hydrogens is 244 g/mol. The minimum Gasteiger partial charge on any atom is -0.482 e. The molecule has 1 aliphatic heterocycles. The van der Waals surface area contributed by atoms with Crippen molar-refractivity contribution in [2.24, 2.45) is 7.05 Å². The summed E-state index contributed by atoms with van der Waals surface area (Å²) in [4.78, 5) is 13.2. The van der Waals surface area contributed by atoms with Crippen molar-refractivity contribution in [1.82, 2.24) is 9.78 Å². The molecule has 0 atom stereocenters. The van der Waals surface area contributed by atoms with E-state index in [1.807, 2.05) is 31.4 Å². The van der Waals surface area contributed by atoms with E-state index in [1.54, 1.807) is 16.6 Å². The molecule has 1 aromatic carbocycles. The van der Waals surface area contributed by atoms with Crippen molar-refractivity contribution in [2.45, 2.75) is 0 Å². The number of nitrogens with zero attached hydrogens (tertiary/aromatic N) is 3. The number of hydrogen-bond acceptors (Lipinski definition) is 4. The van der Waals surface area contributed by atoms with Crippen LogP contribution in [0.3, 0.4) is 0 Å². The van der Waals surface area contributed by atoms with Gasteiger partial charge in [0.25, 0.3) is 5.91 Å². The monoisotopic (exact) mass is 258 g/mol. The molecule has 1 amide bonds. The number of likely N-dealkylation sites (N-methyl/N-ethyl adjacent to an activating group) is 1. The van der Waals surface area contributed by atoms with Crippen molar-refractivity contribution < 1.29 is 9.53 Å². The van der Waals surface area contributed by atoms with Crippen LogP contribution in [-0.2, 0) is 11.8 Å². The number of amides is 1. The van der Waals surface area contributed by atoms with E-state index in [0.717, 1.165) is 16.8 Å². The number of rotatable bonds is 1. The van der Waals surface area contributed by atoms with Crippen LogP contribution in [0.25, 0.3) is 11.1 Å². The van der Waals surface area contributed by atoms with Crippen molar-refractivity contribution >= 4 is 17.4 Å². The molecule has 0 saturated carbocycles. The molecule has 2 heterocycles. The number of carbonyl (C=O) groups excluding carboxylic acids is 1. The van der Waals surface area contributed by atoms with Gasteiger partial charge in [-0.2, -0.15) is 5.10 Å². The van der Waals surface area contributed by atoms with Gasteiger partial charge in [-0.05, 0) is 17.7 Å². The second-order valence-electron chi connectivity index (χ2n) is 4.53. The van der Waals surface area contributed by atoms with Gasteiger partial charge in [-0.25, -0.2) is 0 Å². The summed E-state index contributed by atoms with van der Waals surface area (Å²) in [6, 6.07) is 5.65. The fourth-order valence-corrected chi connectivity index (χ4v) is 2.17. The Morgan fingerprint density at radius 2 is 2.16 bits per heavy atom. The van der Waals surface area contributed by atoms with E-state index in [4.69, 9.17) is 10.5 Å². The van der Waals surface area contributed by atoms with E-state index in [9.17, 15) is 4.79 Å². The summed E-state index contributed by atoms with van der Waals surface area (Å²) in [6.07, 6.45) is 1.85. The summed E-state index contributed by atoms with van der Waals surface area (Å²) >= 11 is 0. The second-order valence-corrected chi connectivity index (χ2v) is 4.53. The molecule has 0 spiro atoms. The third-order valence-electron chi connectivity index (χ3n) is 3.21. The first kappa shape index (κ1) is 11.6. The zero-order valence-corrected chi connectivity index (χ0v) is 10.8. The zero-order chi connectivity index (χ0) is 13.6. The predicted molar refractivity (Wildman–Crippen MR) is 72.0 cm³/mol. The van der Waals surface area contributed by atoms with Gasteiger partial charge in [-0.1, -0.05) is 6.07 Å². The molecule has 6 heteroatoms. The molecule has 1 aromatic heterocycles. The number of aromatic nitrogens is 2. The number of carbonyl (C=O) groups is 1. The van der Waals surface area contributed by atoms with Crippen molar-refractivity contribution in [3.05, 3.63) is 24.4 Å². The van der Waals surface area contributed by atoms with Crippen molar-refractivity contribution in [3.8, 4) is 16.9 Å². The lowest BCUT2D eigenvalue weighted by atomic mass is 10.1. The van der Waals surface area contributed by atoms with Gasteiger partial charge in [-0.3, -0.25) is 9.48 Å². The molecule has 0 aliphatic carbocycles. The van der Waals surface area contributed by atoms with E-state index in [1.165, 1.54) is 0 Å². The number of aryl methyl sites for hydroxylation is 1. The Kier molecular flexibility index (Phi) is 2.45. The van der Waals surface area contributed by atoms with Gasteiger partial charge in [0.15, 0.2) is 12.4 Å². The molecule has 0 bridgehead atoms. The molecular formula is C13H14N4O2. The summed E-state index contributed by atoms with van der Waals surface area (Å²) in [5.74, 6) is 1.10. The summed E-state index contributed by atoms with van der Waals surface area (Å²) in [5.41, 5.74) is 8.37. The molecule has 3 rings (SSSR count). The highest BCUT2D eigenvalue weighted by Crippen LogP contribution is 2.36. The standard InChI is InChI=1S/C13H14N4O2/c1-16-6-9(13(14)15-16)8-3-4-11-10(5-8)17(2)12(18)7-19-11/h3-6H,7H2,1-2H3,(H2,14,15). The lowest BCUT2D eigenvalue weighted by Crippen LogP contribution is -2.35. The molecule has 0 saturated heterocycles. The zero-order valence-electron chi connectivity index (χ0n) is 10.8. The fraction of sp³-hybridized carbons (Fsp3) is 0.231. The third kappa shape index (κ3) is 1.81. The smallest absolute Gasteiger partial charge is 0.264 e. The molecule has 19 heavy (non-hydrogen) atoms. The fourth-order valence-electron chi connectivity index (χ4n) is 2.17. The summed E-state index contributed by atoms with van der Waals surface area (Å²) in [7, 11) is 3.55. The quantitative estimate of drug-likeness (QED) is 0.829. The number of anilines is 2. The highest BCUT2D eigenvalue weighted by Gasteiger charge is 2.23. The van der Waals surface area contributed by atoms with Crippen LogP contribution in [0.2, 0.25) is 0 Å². The first-order valence-electron chi connectivity index (χ1n) is 5.89. The first-order valence-corrected chi connectivity index (χ1v) is 5.89. The average molecular weight is 258 g/mol. The van der Waals surface area contributed by atoms with Crippen LogP contribution in [-0.4, -0.2) is 29.3 Å². The van der Waals surface area contributed by atoms with Crippen LogP contribution in [0.15, 0.2) is 24.4 Å². The first-order chi connectivity index (χ1) is 9.06. The van der Waals surface area contributed by atoms with Crippen LogP contribution in [0.5, 0.6) is 5.75 Å². The number of nitrogen functional groups attached to an aromatic ring is 1. The Morgan fingerprint density at radius 1 is 1.37 bits per heavy atom. The minimum absolute atomic E-state index is 0.0659. The van der Waals surface area contributed by atoms with Gasteiger partial charge < -0.3 is 15.4 Å². The van der Waals surface area contributed by atoms with E-state index in [2.05, 4.69) is 5.10 Å². The van der Waals surface area contributed by atoms with E-state index < -0.39 is 0 Å². The van der Waals surface area contributed by atoms with E-state index in [-0.39, 0.29) is 12.5 Å². The molecule has 0 fully saturated rings. The highest BCUT2D eigenvalue weighted by molar-refractivity contribution is 5.98. The lowest BCUT2D eigenvalue weighted by molar-refractivity contribution is -0.120. The van der Waals surface area contributed by atoms with Crippen LogP contribution >= 0.6 is 0 Å². The van der Waals surface area contributed by atoms with Crippen LogP contribution in [0.4, 0.5) is 11.5 Å². The lowest BCUT2D eigenvalue weighted by Gasteiger charge is -2.26. The van der Waals surface area contributed by atoms with Gasteiger partial charge >= 0.3 is 0 Å². The van der Waals surface area contributed by atoms with Gasteiger partial charge in [0, 0.05) is 25.9 Å². The van der Waals surface area contributed by atoms with Gasteiger partial charge in [0.1, 0.15) is 5.75 Å². The SMILES string of the molecule is CN1C(=O)COc2ccc(-c3cn(C)nc3N)cc21. The third-order valence-corrected chi connectivity index (χ3v) is 3.21. The van der Waals surface area contributed by atoms with Gasteiger partial charge in [-0.15, -0.1) is 0 Å². The summed E-state index contributed by atoms with van der Waals surface area (Å²) in [5, 5.41) is 4.12. The Bertz CT molecular complexity index is 663. The van der Waals surface area contributed by atoms with Crippen molar-refractivity contribution in [2.75, 3.05) is 24.3 Å². The summed E-state index contributed by atoms with van der Waals surface area (Å²) in [6.45, 7) is 0.0812. The molecule has 1 aliphatic rings. The Morgan fingerprint density at radius 3 is 2.84 bits per heavy atom. The topological polar surface area (TPSA) is 73.4 Å². The van der Waals surface area contributed by atoms with E-state index >= 15 is 0 Å². The maximum atomic E-state index is 11.6. The average Bonchev–Trinajstić information content (AvgIpc) is 2.73. The Hall–Kier alpha value is -2.50. The van der Waals surface area contributed by atoms with Crippen LogP contribution in [0.1, 0.15) is 0 Å². The molecule has 2 N–H and O–H groups in total. The maximum absolute atomic E-state index is 11.6. The number of hydrogen-bond donors (Lipinski definition) is 1. The largest absolute Gasteiger partial charge is 0.482 e. The molecule has 2 aromatic rings. The Balaban J connectivity index is 2.11. The predicted octanol–water partition coefficient (Wildman–Crippen LogP) is 1.02. The van der Waals surface area contributed by atoms with Crippen molar-refractivity contribution in [3.63, 3.8) is 0 Å². The molecule has 98 valence electrons. The molecule has 6 nitrogen and oxygen atoms in total. The van der Waals surface area contributed by atoms with Gasteiger partial charge in [0.2, 0.25) is 0 Å².